The molecule has 12 heavy (non-hydrogen) atoms. The summed E-state index contributed by atoms with van der Waals surface area (Å²) in [5.41, 5.74) is 0.387. The minimum absolute atomic E-state index is 0.387. The molecule has 0 heterocycles. The van der Waals surface area contributed by atoms with Gasteiger partial charge in [0.1, 0.15) is 12.4 Å². The molecule has 0 aromatic heterocycles. The molecule has 0 N–H and O–H groups in total. The maximum absolute atomic E-state index is 10.3. The number of nitrogens with zero attached hydrogens (tertiary/aromatic N) is 3. The van der Waals surface area contributed by atoms with E-state index in [0.29, 0.717) is 10.8 Å². The topological polar surface area (TPSA) is 58.7 Å². The van der Waals surface area contributed by atoms with E-state index < -0.39 is 5.03 Å². The van der Waals surface area contributed by atoms with Crippen LogP contribution in [0.4, 0.5) is 5.69 Å². The van der Waals surface area contributed by atoms with E-state index in [9.17, 15) is 10.1 Å². The summed E-state index contributed by atoms with van der Waals surface area (Å²) in [4.78, 5) is 10.3. The number of para-hydroxylation sites is 1. The highest BCUT2D eigenvalue weighted by Gasteiger charge is 2.11. The standard InChI is InChI=1S/C7H7N3O2/c1-8-9(10(11)12)7-5-3-2-4-6-7/h2-6H,1H2. The largest absolute Gasteiger partial charge is 0.339 e. The normalized spacial score (nSPS) is 9.00. The van der Waals surface area contributed by atoms with Gasteiger partial charge in [0.25, 0.3) is 0 Å². The Balaban J connectivity index is 2.95. The van der Waals surface area contributed by atoms with Crippen molar-refractivity contribution < 1.29 is 5.03 Å². The fraction of sp³-hybridized carbons (Fsp3) is 0. The predicted molar refractivity (Wildman–Crippen MR) is 45.5 cm³/mol. The summed E-state index contributed by atoms with van der Waals surface area (Å²) in [5.74, 6) is 0. The number of benzene rings is 1. The van der Waals surface area contributed by atoms with Gasteiger partial charge in [-0.2, -0.15) is 0 Å². The molecule has 0 saturated heterocycles. The lowest BCUT2D eigenvalue weighted by Crippen LogP contribution is -2.22. The minimum Gasteiger partial charge on any atom is -0.339 e. The van der Waals surface area contributed by atoms with Crippen LogP contribution >= 0.6 is 0 Å². The molecule has 62 valence electrons. The molecule has 5 heteroatoms. The van der Waals surface area contributed by atoms with Crippen molar-refractivity contribution in [3.8, 4) is 0 Å². The molecule has 0 spiro atoms. The highest BCUT2D eigenvalue weighted by molar-refractivity contribution is 5.44. The van der Waals surface area contributed by atoms with Gasteiger partial charge < -0.3 is 10.1 Å². The van der Waals surface area contributed by atoms with Gasteiger partial charge in [0.15, 0.2) is 0 Å². The summed E-state index contributed by atoms with van der Waals surface area (Å²) in [6.45, 7) is 3.09. The molecule has 0 fully saturated rings. The first kappa shape index (κ1) is 8.19. The van der Waals surface area contributed by atoms with Crippen LogP contribution in [0.1, 0.15) is 0 Å². The molecule has 0 amide bonds. The molecule has 0 aliphatic carbocycles. The van der Waals surface area contributed by atoms with Gasteiger partial charge >= 0.3 is 0 Å². The van der Waals surface area contributed by atoms with E-state index in [2.05, 4.69) is 11.8 Å². The van der Waals surface area contributed by atoms with Crippen LogP contribution in [0.25, 0.3) is 0 Å². The van der Waals surface area contributed by atoms with E-state index in [0.717, 1.165) is 0 Å². The van der Waals surface area contributed by atoms with E-state index in [1.54, 1.807) is 30.3 Å². The van der Waals surface area contributed by atoms with Crippen molar-refractivity contribution in [1.29, 1.82) is 0 Å². The zero-order valence-corrected chi connectivity index (χ0v) is 6.25. The second-order valence-corrected chi connectivity index (χ2v) is 2.00. The maximum atomic E-state index is 10.3. The first-order valence-electron chi connectivity index (χ1n) is 3.22. The van der Waals surface area contributed by atoms with Crippen LogP contribution in [0.5, 0.6) is 0 Å². The second kappa shape index (κ2) is 3.47. The van der Waals surface area contributed by atoms with Crippen molar-refractivity contribution in [1.82, 2.24) is 0 Å². The summed E-state index contributed by atoms with van der Waals surface area (Å²) in [6, 6.07) is 8.31. The Bertz CT molecular complexity index is 286. The minimum atomic E-state index is -0.637. The second-order valence-electron chi connectivity index (χ2n) is 2.00. The molecule has 0 aliphatic heterocycles. The summed E-state index contributed by atoms with van der Waals surface area (Å²) in [7, 11) is 0. The lowest BCUT2D eigenvalue weighted by Gasteiger charge is -2.06. The van der Waals surface area contributed by atoms with Crippen molar-refractivity contribution in [3.63, 3.8) is 0 Å². The Hall–Kier alpha value is -1.91. The van der Waals surface area contributed by atoms with Crippen molar-refractivity contribution in [3.05, 3.63) is 40.4 Å². The number of hydrazone groups is 1. The SMILES string of the molecule is C=NN(c1ccccc1)[N+](=O)[O-]. The third kappa shape index (κ3) is 1.57. The number of anilines is 1. The zero-order valence-electron chi connectivity index (χ0n) is 6.25. The monoisotopic (exact) mass is 165 g/mol. The molecule has 0 atom stereocenters. The Labute approximate surface area is 69.0 Å². The van der Waals surface area contributed by atoms with Gasteiger partial charge in [-0.15, -0.1) is 0 Å². The van der Waals surface area contributed by atoms with Crippen LogP contribution < -0.4 is 5.12 Å². The van der Waals surface area contributed by atoms with Gasteiger partial charge in [-0.1, -0.05) is 18.2 Å². The van der Waals surface area contributed by atoms with Crippen LogP contribution in [0, 0.1) is 10.1 Å². The van der Waals surface area contributed by atoms with Gasteiger partial charge in [0, 0.05) is 10.2 Å². The van der Waals surface area contributed by atoms with E-state index in [-0.39, 0.29) is 0 Å². The van der Waals surface area contributed by atoms with E-state index in [1.165, 1.54) is 0 Å². The summed E-state index contributed by atoms with van der Waals surface area (Å²) in [5, 5.41) is 13.5. The van der Waals surface area contributed by atoms with Gasteiger partial charge in [-0.05, 0) is 12.1 Å². The van der Waals surface area contributed by atoms with Gasteiger partial charge in [0.2, 0.25) is 0 Å². The van der Waals surface area contributed by atoms with Gasteiger partial charge in [-0.3, -0.25) is 0 Å². The molecular formula is C7H7N3O2. The Morgan fingerprint density at radius 3 is 2.42 bits per heavy atom. The smallest absolute Gasteiger partial charge is 0.132 e. The van der Waals surface area contributed by atoms with E-state index in [4.69, 9.17) is 0 Å². The highest BCUT2D eigenvalue weighted by Crippen LogP contribution is 2.12. The maximum Gasteiger partial charge on any atom is 0.132 e. The van der Waals surface area contributed by atoms with Crippen LogP contribution in [-0.2, 0) is 0 Å². The first-order valence-corrected chi connectivity index (χ1v) is 3.22. The molecule has 0 bridgehead atoms. The Morgan fingerprint density at radius 2 is 2.00 bits per heavy atom. The fourth-order valence-corrected chi connectivity index (χ4v) is 0.789. The van der Waals surface area contributed by atoms with Crippen molar-refractivity contribution >= 4 is 12.4 Å². The zero-order chi connectivity index (χ0) is 8.97. The quantitative estimate of drug-likeness (QED) is 0.385. The van der Waals surface area contributed by atoms with Crippen LogP contribution in [0.2, 0.25) is 0 Å². The summed E-state index contributed by atoms with van der Waals surface area (Å²) >= 11 is 0. The number of hydrogen-bond acceptors (Lipinski definition) is 3. The Morgan fingerprint density at radius 1 is 1.42 bits per heavy atom. The number of hydrazine groups is 1. The van der Waals surface area contributed by atoms with E-state index in [1.807, 2.05) is 0 Å². The van der Waals surface area contributed by atoms with Crippen molar-refractivity contribution in [2.24, 2.45) is 5.10 Å². The molecule has 1 rings (SSSR count). The number of hydrogen-bond donors (Lipinski definition) is 0. The molecule has 0 radical (unpaired) electrons. The summed E-state index contributed by atoms with van der Waals surface area (Å²) in [6.07, 6.45) is 0. The summed E-state index contributed by atoms with van der Waals surface area (Å²) < 4.78 is 0. The van der Waals surface area contributed by atoms with Crippen LogP contribution in [-0.4, -0.2) is 11.7 Å². The van der Waals surface area contributed by atoms with Gasteiger partial charge in [-0.25, -0.2) is 0 Å². The average molecular weight is 165 g/mol. The molecule has 0 unspecified atom stereocenters. The number of nitro groups is 1. The third-order valence-corrected chi connectivity index (χ3v) is 1.28. The number of rotatable bonds is 3. The van der Waals surface area contributed by atoms with Crippen molar-refractivity contribution in [2.75, 3.05) is 5.12 Å². The molecule has 0 aliphatic rings. The van der Waals surface area contributed by atoms with E-state index >= 15 is 0 Å². The fourth-order valence-electron chi connectivity index (χ4n) is 0.789. The van der Waals surface area contributed by atoms with Crippen molar-refractivity contribution in [2.45, 2.75) is 0 Å². The Kier molecular flexibility index (Phi) is 2.37. The lowest BCUT2D eigenvalue weighted by molar-refractivity contribution is -0.495. The third-order valence-electron chi connectivity index (χ3n) is 1.28. The molecule has 0 saturated carbocycles. The van der Waals surface area contributed by atoms with Crippen LogP contribution in [0.3, 0.4) is 0 Å². The molecular weight excluding hydrogens is 158 g/mol. The highest BCUT2D eigenvalue weighted by atomic mass is 16.7. The molecule has 1 aromatic carbocycles. The van der Waals surface area contributed by atoms with Crippen LogP contribution in [0.15, 0.2) is 35.4 Å². The average Bonchev–Trinajstić information content (AvgIpc) is 2.07. The molecule has 5 nitrogen and oxygen atoms in total. The lowest BCUT2D eigenvalue weighted by atomic mass is 10.3. The first-order chi connectivity index (χ1) is 5.75. The molecule has 1 aromatic rings. The predicted octanol–water partition coefficient (Wildman–Crippen LogP) is 1.30. The van der Waals surface area contributed by atoms with Gasteiger partial charge in [0.05, 0.1) is 5.03 Å².